The topological polar surface area (TPSA) is 39.1 Å². The Morgan fingerprint density at radius 3 is 2.32 bits per heavy atom. The predicted octanol–water partition coefficient (Wildman–Crippen LogP) is 2.29. The largest absolute Gasteiger partial charge is 0.390 e. The van der Waals surface area contributed by atoms with Crippen molar-refractivity contribution in [2.75, 3.05) is 20.1 Å². The number of nitrogens with zero attached hydrogens (tertiary/aromatic N) is 2. The molecular formula is C13H20F3N3. The zero-order valence-corrected chi connectivity index (χ0v) is 11.1. The van der Waals surface area contributed by atoms with Crippen molar-refractivity contribution in [3.8, 4) is 6.07 Å². The zero-order valence-electron chi connectivity index (χ0n) is 11.1. The van der Waals surface area contributed by atoms with E-state index in [0.29, 0.717) is 18.5 Å². The van der Waals surface area contributed by atoms with Crippen molar-refractivity contribution in [2.24, 2.45) is 5.92 Å². The van der Waals surface area contributed by atoms with Crippen LogP contribution in [0.15, 0.2) is 0 Å². The minimum absolute atomic E-state index is 0.0496. The van der Waals surface area contributed by atoms with Crippen LogP contribution in [0.1, 0.15) is 32.1 Å². The highest BCUT2D eigenvalue weighted by Gasteiger charge is 2.48. The fourth-order valence-corrected chi connectivity index (χ4v) is 2.44. The third-order valence-electron chi connectivity index (χ3n) is 3.81. The second-order valence-electron chi connectivity index (χ2n) is 5.88. The van der Waals surface area contributed by atoms with Crippen LogP contribution in [0.25, 0.3) is 0 Å². The quantitative estimate of drug-likeness (QED) is 0.775. The summed E-state index contributed by atoms with van der Waals surface area (Å²) in [5.41, 5.74) is -0.651. The van der Waals surface area contributed by atoms with Crippen LogP contribution in [0.5, 0.6) is 0 Å². The molecule has 0 aromatic heterocycles. The summed E-state index contributed by atoms with van der Waals surface area (Å²) < 4.78 is 36.6. The third-order valence-corrected chi connectivity index (χ3v) is 3.81. The van der Waals surface area contributed by atoms with Gasteiger partial charge in [-0.1, -0.05) is 0 Å². The van der Waals surface area contributed by atoms with Gasteiger partial charge in [0.05, 0.1) is 12.5 Å². The molecule has 0 aromatic carbocycles. The lowest BCUT2D eigenvalue weighted by Crippen LogP contribution is -2.54. The average molecular weight is 275 g/mol. The first-order valence-electron chi connectivity index (χ1n) is 6.79. The first-order chi connectivity index (χ1) is 8.85. The molecular weight excluding hydrogens is 255 g/mol. The highest BCUT2D eigenvalue weighted by Crippen LogP contribution is 2.41. The second kappa shape index (κ2) is 5.29. The van der Waals surface area contributed by atoms with E-state index in [2.05, 4.69) is 11.4 Å². The van der Waals surface area contributed by atoms with Gasteiger partial charge in [0.1, 0.15) is 5.54 Å². The first kappa shape index (κ1) is 14.6. The van der Waals surface area contributed by atoms with Crippen LogP contribution in [-0.4, -0.2) is 42.8 Å². The predicted molar refractivity (Wildman–Crippen MR) is 65.4 cm³/mol. The Kier molecular flexibility index (Phi) is 4.07. The average Bonchev–Trinajstić information content (AvgIpc) is 3.15. The lowest BCUT2D eigenvalue weighted by Gasteiger charge is -2.33. The van der Waals surface area contributed by atoms with Crippen LogP contribution >= 0.6 is 0 Å². The molecule has 0 spiro atoms. The van der Waals surface area contributed by atoms with Gasteiger partial charge in [0.2, 0.25) is 0 Å². The highest BCUT2D eigenvalue weighted by atomic mass is 19.4. The number of hydrogen-bond donors (Lipinski definition) is 1. The number of rotatable bonds is 7. The van der Waals surface area contributed by atoms with Crippen LogP contribution in [-0.2, 0) is 0 Å². The Balaban J connectivity index is 1.90. The molecule has 2 aliphatic rings. The molecule has 6 heteroatoms. The van der Waals surface area contributed by atoms with Gasteiger partial charge in [-0.3, -0.25) is 5.32 Å². The van der Waals surface area contributed by atoms with E-state index in [4.69, 9.17) is 0 Å². The standard InChI is InChI=1S/C13H20F3N3/c1-19(7-6-13(14,15)16)9-12(8-17,10-2-3-10)18-11-4-5-11/h10-11,18H,2-7,9H2,1H3. The van der Waals surface area contributed by atoms with Gasteiger partial charge in [-0.15, -0.1) is 0 Å². The van der Waals surface area contributed by atoms with Crippen molar-refractivity contribution >= 4 is 0 Å². The Morgan fingerprint density at radius 2 is 1.89 bits per heavy atom. The zero-order chi connectivity index (χ0) is 14.1. The third kappa shape index (κ3) is 4.36. The molecule has 0 radical (unpaired) electrons. The fourth-order valence-electron chi connectivity index (χ4n) is 2.44. The Bertz CT molecular complexity index is 355. The Hall–Kier alpha value is -0.800. The molecule has 2 rings (SSSR count). The molecule has 108 valence electrons. The highest BCUT2D eigenvalue weighted by molar-refractivity contribution is 5.18. The summed E-state index contributed by atoms with van der Waals surface area (Å²) in [6.45, 7) is 0.326. The smallest absolute Gasteiger partial charge is 0.303 e. The number of nitriles is 1. The molecule has 2 saturated carbocycles. The summed E-state index contributed by atoms with van der Waals surface area (Å²) >= 11 is 0. The van der Waals surface area contributed by atoms with E-state index in [-0.39, 0.29) is 6.54 Å². The van der Waals surface area contributed by atoms with Crippen LogP contribution in [0, 0.1) is 17.2 Å². The maximum atomic E-state index is 12.2. The van der Waals surface area contributed by atoms with E-state index in [1.807, 2.05) is 0 Å². The number of alkyl halides is 3. The maximum Gasteiger partial charge on any atom is 0.390 e. The lowest BCUT2D eigenvalue weighted by molar-refractivity contribution is -0.137. The van der Waals surface area contributed by atoms with E-state index < -0.39 is 18.1 Å². The number of hydrogen-bond acceptors (Lipinski definition) is 3. The van der Waals surface area contributed by atoms with Gasteiger partial charge >= 0.3 is 6.18 Å². The SMILES string of the molecule is CN(CCC(F)(F)F)CC(C#N)(NC1CC1)C1CC1. The maximum absolute atomic E-state index is 12.2. The summed E-state index contributed by atoms with van der Waals surface area (Å²) in [5.74, 6) is 0.298. The molecule has 0 bridgehead atoms. The molecule has 1 N–H and O–H groups in total. The van der Waals surface area contributed by atoms with Gasteiger partial charge in [0.15, 0.2) is 0 Å². The van der Waals surface area contributed by atoms with E-state index in [1.165, 1.54) is 0 Å². The Morgan fingerprint density at radius 1 is 1.26 bits per heavy atom. The van der Waals surface area contributed by atoms with Crippen LogP contribution < -0.4 is 5.32 Å². The van der Waals surface area contributed by atoms with Gasteiger partial charge in [-0.2, -0.15) is 18.4 Å². The van der Waals surface area contributed by atoms with Gasteiger partial charge in [-0.25, -0.2) is 0 Å². The number of nitrogens with one attached hydrogen (secondary N) is 1. The van der Waals surface area contributed by atoms with Crippen molar-refractivity contribution < 1.29 is 13.2 Å². The number of likely N-dealkylation sites (N-methyl/N-ethyl adjacent to an activating group) is 1. The lowest BCUT2D eigenvalue weighted by atomic mass is 9.94. The molecule has 1 unspecified atom stereocenters. The van der Waals surface area contributed by atoms with E-state index in [9.17, 15) is 18.4 Å². The first-order valence-corrected chi connectivity index (χ1v) is 6.79. The summed E-state index contributed by atoms with van der Waals surface area (Å²) in [6.07, 6.45) is -0.808. The molecule has 2 aliphatic carbocycles. The van der Waals surface area contributed by atoms with Crippen molar-refractivity contribution in [2.45, 2.75) is 49.9 Å². The summed E-state index contributed by atoms with van der Waals surface area (Å²) in [6, 6.07) is 2.73. The Labute approximate surface area is 111 Å². The van der Waals surface area contributed by atoms with Crippen molar-refractivity contribution in [3.05, 3.63) is 0 Å². The van der Waals surface area contributed by atoms with Gasteiger partial charge in [-0.05, 0) is 38.6 Å². The minimum atomic E-state index is -4.13. The molecule has 0 aromatic rings. The normalized spacial score (nSPS) is 23.2. The van der Waals surface area contributed by atoms with Crippen LogP contribution in [0.3, 0.4) is 0 Å². The van der Waals surface area contributed by atoms with E-state index in [0.717, 1.165) is 25.7 Å². The fraction of sp³-hybridized carbons (Fsp3) is 0.923. The molecule has 2 fully saturated rings. The monoisotopic (exact) mass is 275 g/mol. The molecule has 19 heavy (non-hydrogen) atoms. The summed E-state index contributed by atoms with van der Waals surface area (Å²) in [5, 5.41) is 12.8. The second-order valence-corrected chi connectivity index (χ2v) is 5.88. The van der Waals surface area contributed by atoms with Crippen molar-refractivity contribution in [1.82, 2.24) is 10.2 Å². The summed E-state index contributed by atoms with van der Waals surface area (Å²) in [4.78, 5) is 1.63. The van der Waals surface area contributed by atoms with Crippen LogP contribution in [0.2, 0.25) is 0 Å². The van der Waals surface area contributed by atoms with E-state index in [1.54, 1.807) is 11.9 Å². The number of halogens is 3. The van der Waals surface area contributed by atoms with Gasteiger partial charge in [0.25, 0.3) is 0 Å². The van der Waals surface area contributed by atoms with Crippen molar-refractivity contribution in [3.63, 3.8) is 0 Å². The molecule has 0 heterocycles. The molecule has 0 aliphatic heterocycles. The molecule has 0 saturated heterocycles. The molecule has 3 nitrogen and oxygen atoms in total. The van der Waals surface area contributed by atoms with Crippen molar-refractivity contribution in [1.29, 1.82) is 5.26 Å². The molecule has 1 atom stereocenters. The van der Waals surface area contributed by atoms with Gasteiger partial charge < -0.3 is 4.90 Å². The van der Waals surface area contributed by atoms with Crippen LogP contribution in [0.4, 0.5) is 13.2 Å². The molecule has 0 amide bonds. The van der Waals surface area contributed by atoms with E-state index >= 15 is 0 Å². The summed E-state index contributed by atoms with van der Waals surface area (Å²) in [7, 11) is 1.66. The van der Waals surface area contributed by atoms with Gasteiger partial charge in [0, 0.05) is 19.1 Å². The minimum Gasteiger partial charge on any atom is -0.303 e.